The van der Waals surface area contributed by atoms with Crippen LogP contribution in [0.25, 0.3) is 0 Å². The van der Waals surface area contributed by atoms with Crippen LogP contribution >= 0.6 is 0 Å². The van der Waals surface area contributed by atoms with E-state index in [0.29, 0.717) is 6.42 Å². The van der Waals surface area contributed by atoms with Crippen LogP contribution in [-0.2, 0) is 10.8 Å². The van der Waals surface area contributed by atoms with Gasteiger partial charge in [-0.15, -0.1) is 6.58 Å². The van der Waals surface area contributed by atoms with Gasteiger partial charge in [-0.2, -0.15) is 0 Å². The number of unbranched alkanes of at least 4 members (excludes halogenated alkanes) is 1. The second-order valence-electron chi connectivity index (χ2n) is 8.65. The number of aryl methyl sites for hydroxylation is 1. The highest BCUT2D eigenvalue weighted by Crippen LogP contribution is 2.38. The molecule has 0 aliphatic rings. The van der Waals surface area contributed by atoms with Gasteiger partial charge in [0.15, 0.2) is 8.32 Å². The highest BCUT2D eigenvalue weighted by atomic mass is 28.4. The summed E-state index contributed by atoms with van der Waals surface area (Å²) in [7, 11) is -1.81. The topological polar surface area (TPSA) is 29.5 Å². The lowest BCUT2D eigenvalue weighted by molar-refractivity contribution is 0.0809. The van der Waals surface area contributed by atoms with E-state index in [2.05, 4.69) is 70.8 Å². The Morgan fingerprint density at radius 1 is 1.16 bits per heavy atom. The van der Waals surface area contributed by atoms with E-state index < -0.39 is 8.32 Å². The Hall–Kier alpha value is -0.903. The minimum absolute atomic E-state index is 0.0857. The maximum Gasteiger partial charge on any atom is 0.192 e. The van der Waals surface area contributed by atoms with Crippen molar-refractivity contribution in [2.75, 3.05) is 0 Å². The van der Waals surface area contributed by atoms with Gasteiger partial charge >= 0.3 is 0 Å². The van der Waals surface area contributed by atoms with E-state index in [-0.39, 0.29) is 17.2 Å². The molecule has 0 fully saturated rings. The van der Waals surface area contributed by atoms with E-state index in [1.807, 2.05) is 6.08 Å². The van der Waals surface area contributed by atoms with E-state index in [1.165, 1.54) is 5.56 Å². The molecule has 0 aliphatic heterocycles. The van der Waals surface area contributed by atoms with Crippen LogP contribution in [0.2, 0.25) is 18.1 Å². The Morgan fingerprint density at radius 2 is 1.80 bits per heavy atom. The Balaban J connectivity index is 2.40. The average molecular weight is 363 g/mol. The number of benzene rings is 1. The molecule has 0 aliphatic carbocycles. The Morgan fingerprint density at radius 3 is 2.36 bits per heavy atom. The molecule has 2 nitrogen and oxygen atoms in total. The van der Waals surface area contributed by atoms with E-state index in [9.17, 15) is 5.11 Å². The van der Waals surface area contributed by atoms with Crippen molar-refractivity contribution in [3.8, 4) is 0 Å². The lowest BCUT2D eigenvalue weighted by Crippen LogP contribution is -2.44. The summed E-state index contributed by atoms with van der Waals surface area (Å²) in [6.07, 6.45) is 7.35. The van der Waals surface area contributed by atoms with E-state index >= 15 is 0 Å². The fourth-order valence-corrected chi connectivity index (χ4v) is 4.13. The second kappa shape index (κ2) is 10.3. The van der Waals surface area contributed by atoms with Crippen molar-refractivity contribution in [1.82, 2.24) is 0 Å². The molecule has 0 radical (unpaired) electrons. The van der Waals surface area contributed by atoms with Gasteiger partial charge in [0.25, 0.3) is 0 Å². The third-order valence-corrected chi connectivity index (χ3v) is 9.86. The summed E-state index contributed by atoms with van der Waals surface area (Å²) < 4.78 is 6.50. The van der Waals surface area contributed by atoms with Gasteiger partial charge in [-0.3, -0.25) is 0 Å². The van der Waals surface area contributed by atoms with Gasteiger partial charge in [-0.25, -0.2) is 0 Å². The lowest BCUT2D eigenvalue weighted by Gasteiger charge is -2.39. The summed E-state index contributed by atoms with van der Waals surface area (Å²) in [6, 6.07) is 10.6. The highest BCUT2D eigenvalue weighted by molar-refractivity contribution is 6.74. The number of hydrogen-bond donors (Lipinski definition) is 1. The van der Waals surface area contributed by atoms with Gasteiger partial charge in [0.1, 0.15) is 0 Å². The minimum Gasteiger partial charge on any atom is -0.414 e. The maximum absolute atomic E-state index is 10.4. The largest absolute Gasteiger partial charge is 0.414 e. The van der Waals surface area contributed by atoms with Crippen LogP contribution in [0.15, 0.2) is 43.0 Å². The Bertz CT molecular complexity index is 490. The quantitative estimate of drug-likeness (QED) is 0.292. The Kier molecular flexibility index (Phi) is 9.12. The first-order valence-corrected chi connectivity index (χ1v) is 12.6. The molecular weight excluding hydrogens is 324 g/mol. The zero-order valence-electron chi connectivity index (χ0n) is 16.9. The van der Waals surface area contributed by atoms with E-state index in [0.717, 1.165) is 32.1 Å². The smallest absolute Gasteiger partial charge is 0.192 e. The van der Waals surface area contributed by atoms with Crippen LogP contribution in [0.1, 0.15) is 58.4 Å². The third kappa shape index (κ3) is 8.35. The van der Waals surface area contributed by atoms with E-state index in [1.54, 1.807) is 0 Å². The molecule has 0 aromatic heterocycles. The molecule has 1 aromatic carbocycles. The van der Waals surface area contributed by atoms with Gasteiger partial charge in [0.05, 0.1) is 12.2 Å². The molecule has 1 aromatic rings. The highest BCUT2D eigenvalue weighted by Gasteiger charge is 2.39. The first kappa shape index (κ1) is 22.1. The van der Waals surface area contributed by atoms with E-state index in [4.69, 9.17) is 4.43 Å². The summed E-state index contributed by atoms with van der Waals surface area (Å²) in [5, 5.41) is 10.6. The normalized spacial score (nSPS) is 15.0. The molecule has 0 heterocycles. The maximum atomic E-state index is 10.4. The molecule has 0 bridgehead atoms. The van der Waals surface area contributed by atoms with Crippen molar-refractivity contribution in [1.29, 1.82) is 0 Å². The standard InChI is InChI=1S/C22H38O2Si/c1-7-13-21(24-25(5,6)22(2,3)4)18-20(23)17-12-11-16-19-14-9-8-10-15-19/h7-10,14-15,20-21,23H,1,11-13,16-18H2,2-6H3/t20-,21-/m1/s1. The van der Waals surface area contributed by atoms with Crippen LogP contribution in [0.5, 0.6) is 0 Å². The Labute approximate surface area is 156 Å². The number of aliphatic hydroxyl groups excluding tert-OH is 1. The lowest BCUT2D eigenvalue weighted by atomic mass is 10.0. The number of hydrogen-bond acceptors (Lipinski definition) is 2. The SMILES string of the molecule is C=CC[C@H](C[C@H](O)CCCCc1ccccc1)O[Si](C)(C)C(C)(C)C. The van der Waals surface area contributed by atoms with Crippen LogP contribution < -0.4 is 0 Å². The minimum atomic E-state index is -1.81. The summed E-state index contributed by atoms with van der Waals surface area (Å²) in [6.45, 7) is 15.2. The molecule has 1 rings (SSSR count). The fourth-order valence-electron chi connectivity index (χ4n) is 2.75. The zero-order chi connectivity index (χ0) is 18.9. The first-order chi connectivity index (χ1) is 11.7. The summed E-state index contributed by atoms with van der Waals surface area (Å²) in [5.74, 6) is 0. The molecular formula is C22H38O2Si. The van der Waals surface area contributed by atoms with Crippen molar-refractivity contribution in [2.24, 2.45) is 0 Å². The van der Waals surface area contributed by atoms with Crippen LogP contribution in [0, 0.1) is 0 Å². The van der Waals surface area contributed by atoms with Gasteiger partial charge in [0, 0.05) is 0 Å². The van der Waals surface area contributed by atoms with Gasteiger partial charge in [-0.05, 0) is 55.8 Å². The predicted octanol–water partition coefficient (Wildman–Crippen LogP) is 6.12. The van der Waals surface area contributed by atoms with Gasteiger partial charge < -0.3 is 9.53 Å². The average Bonchev–Trinajstić information content (AvgIpc) is 2.51. The second-order valence-corrected chi connectivity index (χ2v) is 13.4. The van der Waals surface area contributed by atoms with Crippen LogP contribution in [0.4, 0.5) is 0 Å². The molecule has 0 unspecified atom stereocenters. The van der Waals surface area contributed by atoms with Crippen molar-refractivity contribution >= 4 is 8.32 Å². The summed E-state index contributed by atoms with van der Waals surface area (Å²) in [5.41, 5.74) is 1.38. The van der Waals surface area contributed by atoms with Crippen molar-refractivity contribution < 1.29 is 9.53 Å². The van der Waals surface area contributed by atoms with Crippen molar-refractivity contribution in [2.45, 2.75) is 89.6 Å². The summed E-state index contributed by atoms with van der Waals surface area (Å²) >= 11 is 0. The molecule has 0 saturated heterocycles. The number of rotatable bonds is 11. The predicted molar refractivity (Wildman–Crippen MR) is 112 cm³/mol. The molecule has 0 spiro atoms. The van der Waals surface area contributed by atoms with Crippen molar-refractivity contribution in [3.63, 3.8) is 0 Å². The molecule has 3 heteroatoms. The zero-order valence-corrected chi connectivity index (χ0v) is 17.9. The third-order valence-electron chi connectivity index (χ3n) is 5.33. The molecule has 2 atom stereocenters. The summed E-state index contributed by atoms with van der Waals surface area (Å²) in [4.78, 5) is 0. The molecule has 25 heavy (non-hydrogen) atoms. The first-order valence-electron chi connectivity index (χ1n) is 9.66. The molecule has 1 N–H and O–H groups in total. The molecule has 0 saturated carbocycles. The number of aliphatic hydroxyl groups is 1. The van der Waals surface area contributed by atoms with Crippen molar-refractivity contribution in [3.05, 3.63) is 48.6 Å². The van der Waals surface area contributed by atoms with Crippen LogP contribution in [-0.4, -0.2) is 25.6 Å². The van der Waals surface area contributed by atoms with Gasteiger partial charge in [-0.1, -0.05) is 63.6 Å². The van der Waals surface area contributed by atoms with Gasteiger partial charge in [0.2, 0.25) is 0 Å². The van der Waals surface area contributed by atoms with Crippen LogP contribution in [0.3, 0.4) is 0 Å². The molecule has 142 valence electrons. The molecule has 0 amide bonds. The monoisotopic (exact) mass is 362 g/mol. The fraction of sp³-hybridized carbons (Fsp3) is 0.636.